The fourth-order valence-corrected chi connectivity index (χ4v) is 3.41. The maximum atomic E-state index is 6.24. The standard InChI is InChI=1S/C13H7Cl2IO/c1-6-2-8(16)5-9-12-10(15)3-7(14)4-11(12)17-13(6)9/h2-5H,1H3. The van der Waals surface area contributed by atoms with Crippen molar-refractivity contribution in [3.05, 3.63) is 43.4 Å². The highest BCUT2D eigenvalue weighted by atomic mass is 127. The monoisotopic (exact) mass is 376 g/mol. The molecule has 3 aromatic rings. The Hall–Kier alpha value is -0.450. The van der Waals surface area contributed by atoms with Crippen molar-refractivity contribution in [3.8, 4) is 0 Å². The van der Waals surface area contributed by atoms with Gasteiger partial charge in [0.25, 0.3) is 0 Å². The molecule has 0 saturated carbocycles. The van der Waals surface area contributed by atoms with Crippen LogP contribution in [0.1, 0.15) is 5.56 Å². The fourth-order valence-electron chi connectivity index (χ4n) is 2.05. The topological polar surface area (TPSA) is 13.1 Å². The van der Waals surface area contributed by atoms with Crippen molar-refractivity contribution < 1.29 is 4.42 Å². The van der Waals surface area contributed by atoms with E-state index in [1.54, 1.807) is 12.1 Å². The smallest absolute Gasteiger partial charge is 0.138 e. The third-order valence-corrected chi connectivity index (χ3v) is 3.88. The largest absolute Gasteiger partial charge is 0.456 e. The lowest BCUT2D eigenvalue weighted by atomic mass is 10.1. The zero-order valence-electron chi connectivity index (χ0n) is 8.85. The van der Waals surface area contributed by atoms with E-state index < -0.39 is 0 Å². The molecule has 4 heteroatoms. The minimum absolute atomic E-state index is 0.592. The van der Waals surface area contributed by atoms with Crippen LogP contribution < -0.4 is 0 Å². The molecule has 0 radical (unpaired) electrons. The van der Waals surface area contributed by atoms with Crippen molar-refractivity contribution in [1.82, 2.24) is 0 Å². The Labute approximate surface area is 122 Å². The van der Waals surface area contributed by atoms with E-state index in [-0.39, 0.29) is 0 Å². The summed E-state index contributed by atoms with van der Waals surface area (Å²) in [4.78, 5) is 0. The minimum atomic E-state index is 0.592. The van der Waals surface area contributed by atoms with E-state index in [1.807, 2.05) is 6.92 Å². The van der Waals surface area contributed by atoms with Gasteiger partial charge in [0, 0.05) is 25.4 Å². The number of fused-ring (bicyclic) bond motifs is 3. The van der Waals surface area contributed by atoms with Crippen molar-refractivity contribution in [2.45, 2.75) is 6.92 Å². The van der Waals surface area contributed by atoms with Gasteiger partial charge in [0.2, 0.25) is 0 Å². The number of benzene rings is 2. The molecular weight excluding hydrogens is 370 g/mol. The number of hydrogen-bond donors (Lipinski definition) is 0. The molecule has 1 aromatic heterocycles. The van der Waals surface area contributed by atoms with E-state index in [0.717, 1.165) is 27.5 Å². The van der Waals surface area contributed by atoms with Gasteiger partial charge < -0.3 is 4.42 Å². The molecule has 0 unspecified atom stereocenters. The second-order valence-electron chi connectivity index (χ2n) is 3.96. The van der Waals surface area contributed by atoms with Crippen LogP contribution in [-0.4, -0.2) is 0 Å². The predicted octanol–water partition coefficient (Wildman–Crippen LogP) is 5.81. The Balaban J connectivity index is 2.60. The lowest BCUT2D eigenvalue weighted by Crippen LogP contribution is -1.77. The summed E-state index contributed by atoms with van der Waals surface area (Å²) in [6.45, 7) is 2.03. The van der Waals surface area contributed by atoms with E-state index in [0.29, 0.717) is 10.0 Å². The molecule has 0 spiro atoms. The molecule has 0 aliphatic rings. The number of rotatable bonds is 0. The molecule has 0 fully saturated rings. The quantitative estimate of drug-likeness (QED) is 0.451. The molecule has 2 aromatic carbocycles. The summed E-state index contributed by atoms with van der Waals surface area (Å²) in [6, 6.07) is 7.71. The maximum absolute atomic E-state index is 6.24. The molecule has 1 nitrogen and oxygen atoms in total. The summed E-state index contributed by atoms with van der Waals surface area (Å²) >= 11 is 14.5. The first kappa shape index (κ1) is 11.6. The predicted molar refractivity (Wildman–Crippen MR) is 81.2 cm³/mol. The van der Waals surface area contributed by atoms with E-state index >= 15 is 0 Å². The average Bonchev–Trinajstić information content (AvgIpc) is 2.56. The molecule has 0 saturated heterocycles. The highest BCUT2D eigenvalue weighted by molar-refractivity contribution is 14.1. The number of furan rings is 1. The molecule has 0 amide bonds. The zero-order valence-corrected chi connectivity index (χ0v) is 12.5. The zero-order chi connectivity index (χ0) is 12.2. The average molecular weight is 377 g/mol. The number of halogens is 3. The van der Waals surface area contributed by atoms with Crippen LogP contribution in [0, 0.1) is 10.5 Å². The van der Waals surface area contributed by atoms with Crippen LogP contribution in [0.15, 0.2) is 28.7 Å². The molecule has 0 aliphatic carbocycles. The Morgan fingerprint density at radius 2 is 1.88 bits per heavy atom. The molecule has 3 rings (SSSR count). The van der Waals surface area contributed by atoms with E-state index in [1.165, 1.54) is 3.57 Å². The van der Waals surface area contributed by atoms with Crippen molar-refractivity contribution >= 4 is 67.7 Å². The van der Waals surface area contributed by atoms with Crippen LogP contribution in [0.3, 0.4) is 0 Å². The van der Waals surface area contributed by atoms with Crippen molar-refractivity contribution in [2.24, 2.45) is 0 Å². The van der Waals surface area contributed by atoms with Crippen LogP contribution in [-0.2, 0) is 0 Å². The Morgan fingerprint density at radius 1 is 1.12 bits per heavy atom. The van der Waals surface area contributed by atoms with Crippen LogP contribution in [0.5, 0.6) is 0 Å². The Kier molecular flexibility index (Phi) is 2.76. The summed E-state index contributed by atoms with van der Waals surface area (Å²) < 4.78 is 7.00. The lowest BCUT2D eigenvalue weighted by molar-refractivity contribution is 0.666. The molecular formula is C13H7Cl2IO. The molecule has 0 atom stereocenters. The van der Waals surface area contributed by atoms with Crippen LogP contribution in [0.25, 0.3) is 21.9 Å². The maximum Gasteiger partial charge on any atom is 0.138 e. The summed E-state index contributed by atoms with van der Waals surface area (Å²) in [5.41, 5.74) is 2.72. The summed E-state index contributed by atoms with van der Waals surface area (Å²) in [5.74, 6) is 0. The molecule has 86 valence electrons. The van der Waals surface area contributed by atoms with Gasteiger partial charge in [0.1, 0.15) is 11.2 Å². The molecule has 0 N–H and O–H groups in total. The van der Waals surface area contributed by atoms with Gasteiger partial charge in [-0.3, -0.25) is 0 Å². The van der Waals surface area contributed by atoms with Gasteiger partial charge in [-0.25, -0.2) is 0 Å². The first-order valence-electron chi connectivity index (χ1n) is 5.03. The van der Waals surface area contributed by atoms with Gasteiger partial charge in [0.05, 0.1) is 5.02 Å². The first-order valence-corrected chi connectivity index (χ1v) is 6.87. The first-order chi connectivity index (χ1) is 8.06. The van der Waals surface area contributed by atoms with Crippen LogP contribution in [0.2, 0.25) is 10.0 Å². The van der Waals surface area contributed by atoms with E-state index in [2.05, 4.69) is 34.7 Å². The number of aryl methyl sites for hydroxylation is 1. The van der Waals surface area contributed by atoms with Gasteiger partial charge in [-0.15, -0.1) is 0 Å². The van der Waals surface area contributed by atoms with Gasteiger partial charge in [-0.05, 0) is 53.3 Å². The van der Waals surface area contributed by atoms with Crippen LogP contribution in [0.4, 0.5) is 0 Å². The third kappa shape index (κ3) is 1.83. The SMILES string of the molecule is Cc1cc(I)cc2c1oc1cc(Cl)cc(Cl)c12. The van der Waals surface area contributed by atoms with Crippen LogP contribution >= 0.6 is 45.8 Å². The van der Waals surface area contributed by atoms with Gasteiger partial charge in [-0.1, -0.05) is 23.2 Å². The van der Waals surface area contributed by atoms with Gasteiger partial charge in [0.15, 0.2) is 0 Å². The molecule has 0 bridgehead atoms. The van der Waals surface area contributed by atoms with Crippen molar-refractivity contribution in [1.29, 1.82) is 0 Å². The highest BCUT2D eigenvalue weighted by Gasteiger charge is 2.13. The summed E-state index contributed by atoms with van der Waals surface area (Å²) in [5, 5.41) is 3.21. The molecule has 0 aliphatic heterocycles. The molecule has 17 heavy (non-hydrogen) atoms. The normalized spacial score (nSPS) is 11.5. The third-order valence-electron chi connectivity index (χ3n) is 2.74. The minimum Gasteiger partial charge on any atom is -0.456 e. The van der Waals surface area contributed by atoms with Crippen molar-refractivity contribution in [3.63, 3.8) is 0 Å². The molecule has 1 heterocycles. The Bertz CT molecular complexity index is 746. The van der Waals surface area contributed by atoms with Gasteiger partial charge >= 0.3 is 0 Å². The summed E-state index contributed by atoms with van der Waals surface area (Å²) in [7, 11) is 0. The van der Waals surface area contributed by atoms with Crippen molar-refractivity contribution in [2.75, 3.05) is 0 Å². The highest BCUT2D eigenvalue weighted by Crippen LogP contribution is 2.38. The van der Waals surface area contributed by atoms with E-state index in [9.17, 15) is 0 Å². The second kappa shape index (κ2) is 4.04. The lowest BCUT2D eigenvalue weighted by Gasteiger charge is -1.97. The number of hydrogen-bond acceptors (Lipinski definition) is 1. The van der Waals surface area contributed by atoms with Gasteiger partial charge in [-0.2, -0.15) is 0 Å². The van der Waals surface area contributed by atoms with E-state index in [4.69, 9.17) is 27.6 Å². The summed E-state index contributed by atoms with van der Waals surface area (Å²) in [6.07, 6.45) is 0. The second-order valence-corrected chi connectivity index (χ2v) is 6.05. The Morgan fingerprint density at radius 3 is 2.65 bits per heavy atom. The fraction of sp³-hybridized carbons (Fsp3) is 0.0769.